The van der Waals surface area contributed by atoms with Crippen LogP contribution in [-0.2, 0) is 16.0 Å². The second kappa shape index (κ2) is 12.0. The van der Waals surface area contributed by atoms with E-state index < -0.39 is 18.0 Å². The zero-order valence-corrected chi connectivity index (χ0v) is 20.9. The van der Waals surface area contributed by atoms with Gasteiger partial charge in [0.1, 0.15) is 6.04 Å². The predicted octanol–water partition coefficient (Wildman–Crippen LogP) is 3.18. The summed E-state index contributed by atoms with van der Waals surface area (Å²) < 4.78 is 0. The van der Waals surface area contributed by atoms with Gasteiger partial charge in [-0.25, -0.2) is 0 Å². The molecule has 0 radical (unpaired) electrons. The van der Waals surface area contributed by atoms with Gasteiger partial charge >= 0.3 is 0 Å². The van der Waals surface area contributed by atoms with Crippen LogP contribution in [0.25, 0.3) is 0 Å². The molecule has 3 amide bonds. The Morgan fingerprint density at radius 3 is 2.54 bits per heavy atom. The Labute approximate surface area is 214 Å². The largest absolute Gasteiger partial charge is 0.399 e. The van der Waals surface area contributed by atoms with Gasteiger partial charge < -0.3 is 27.0 Å². The van der Waals surface area contributed by atoms with E-state index in [0.717, 1.165) is 18.4 Å². The Morgan fingerprint density at radius 2 is 1.86 bits per heavy atom. The molecule has 0 unspecified atom stereocenters. The minimum Gasteiger partial charge on any atom is -0.399 e. The molecule has 2 aromatic rings. The summed E-state index contributed by atoms with van der Waals surface area (Å²) in [5, 5.41) is 6.35. The third-order valence-corrected chi connectivity index (χ3v) is 6.53. The second-order valence-electron chi connectivity index (χ2n) is 8.53. The first-order valence-electron chi connectivity index (χ1n) is 11.3. The number of amides is 3. The third kappa shape index (κ3) is 7.37. The SMILES string of the molecule is CN(C(=O)c1cc(N)cc(N)c1)[C@@H](/C=C/C(=O)N[C@@H]1CCCCNC1=O)Cc1ccc(Cl)c(Cl)c1. The number of hydrogen-bond acceptors (Lipinski definition) is 5. The van der Waals surface area contributed by atoms with E-state index in [1.807, 2.05) is 6.07 Å². The highest BCUT2D eigenvalue weighted by molar-refractivity contribution is 6.42. The van der Waals surface area contributed by atoms with Gasteiger partial charge in [0.15, 0.2) is 0 Å². The molecule has 2 atom stereocenters. The van der Waals surface area contributed by atoms with E-state index in [0.29, 0.717) is 46.4 Å². The van der Waals surface area contributed by atoms with E-state index in [1.54, 1.807) is 43.5 Å². The fourth-order valence-electron chi connectivity index (χ4n) is 3.89. The molecule has 0 spiro atoms. The zero-order valence-electron chi connectivity index (χ0n) is 19.4. The lowest BCUT2D eigenvalue weighted by molar-refractivity contribution is -0.126. The van der Waals surface area contributed by atoms with Crippen molar-refractivity contribution in [3.8, 4) is 0 Å². The molecule has 8 nitrogen and oxygen atoms in total. The van der Waals surface area contributed by atoms with Crippen LogP contribution in [0.5, 0.6) is 0 Å². The van der Waals surface area contributed by atoms with Crippen molar-refractivity contribution in [2.24, 2.45) is 0 Å². The Bertz CT molecular complexity index is 1120. The van der Waals surface area contributed by atoms with Gasteiger partial charge in [-0.15, -0.1) is 0 Å². The molecule has 0 saturated carbocycles. The van der Waals surface area contributed by atoms with E-state index in [2.05, 4.69) is 10.6 Å². The summed E-state index contributed by atoms with van der Waals surface area (Å²) in [4.78, 5) is 39.5. The summed E-state index contributed by atoms with van der Waals surface area (Å²) in [7, 11) is 1.63. The van der Waals surface area contributed by atoms with E-state index >= 15 is 0 Å². The number of rotatable bonds is 7. The summed E-state index contributed by atoms with van der Waals surface area (Å²) in [5.41, 5.74) is 13.6. The normalized spacial score (nSPS) is 16.9. The summed E-state index contributed by atoms with van der Waals surface area (Å²) in [6, 6.07) is 8.77. The highest BCUT2D eigenvalue weighted by Gasteiger charge is 2.23. The van der Waals surface area contributed by atoms with Gasteiger partial charge in [0, 0.05) is 36.6 Å². The number of anilines is 2. The number of benzene rings is 2. The highest BCUT2D eigenvalue weighted by Crippen LogP contribution is 2.24. The highest BCUT2D eigenvalue weighted by atomic mass is 35.5. The lowest BCUT2D eigenvalue weighted by Gasteiger charge is -2.26. The van der Waals surface area contributed by atoms with Gasteiger partial charge in [0.2, 0.25) is 11.8 Å². The van der Waals surface area contributed by atoms with Crippen LogP contribution in [0.2, 0.25) is 10.0 Å². The number of nitrogens with one attached hydrogen (secondary N) is 2. The average molecular weight is 518 g/mol. The lowest BCUT2D eigenvalue weighted by atomic mass is 10.0. The molecule has 2 aromatic carbocycles. The summed E-state index contributed by atoms with van der Waals surface area (Å²) in [5.74, 6) is -0.925. The minimum atomic E-state index is -0.585. The van der Waals surface area contributed by atoms with Crippen molar-refractivity contribution in [3.05, 3.63) is 69.7 Å². The number of carbonyl (C=O) groups excluding carboxylic acids is 3. The van der Waals surface area contributed by atoms with Crippen molar-refractivity contribution in [3.63, 3.8) is 0 Å². The first-order chi connectivity index (χ1) is 16.6. The van der Waals surface area contributed by atoms with Crippen LogP contribution < -0.4 is 22.1 Å². The van der Waals surface area contributed by atoms with Crippen LogP contribution in [0, 0.1) is 0 Å². The van der Waals surface area contributed by atoms with Crippen molar-refractivity contribution in [2.75, 3.05) is 25.1 Å². The standard InChI is InChI=1S/C25H29Cl2N5O3/c1-32(25(35)16-12-17(28)14-18(29)13-16)19(10-15-5-7-20(26)21(27)11-15)6-8-23(33)31-22-4-2-3-9-30-24(22)34/h5-8,11-14,19,22H,2-4,9-10,28-29H2,1H3,(H,30,34)(H,31,33)/b8-6+/t19-,22+/m0/s1. The summed E-state index contributed by atoms with van der Waals surface area (Å²) in [6.45, 7) is 0.605. The molecule has 1 fully saturated rings. The van der Waals surface area contributed by atoms with Crippen molar-refractivity contribution in [1.82, 2.24) is 15.5 Å². The predicted molar refractivity (Wildman–Crippen MR) is 139 cm³/mol. The van der Waals surface area contributed by atoms with Crippen molar-refractivity contribution >= 4 is 52.3 Å². The molecular formula is C25H29Cl2N5O3. The Balaban J connectivity index is 1.82. The van der Waals surface area contributed by atoms with Gasteiger partial charge in [-0.05, 0) is 61.6 Å². The Hall–Kier alpha value is -3.23. The minimum absolute atomic E-state index is 0.192. The number of nitrogen functional groups attached to an aromatic ring is 2. The van der Waals surface area contributed by atoms with Crippen molar-refractivity contribution in [1.29, 1.82) is 0 Å². The van der Waals surface area contributed by atoms with Gasteiger partial charge in [-0.3, -0.25) is 14.4 Å². The fraction of sp³-hybridized carbons (Fsp3) is 0.320. The smallest absolute Gasteiger partial charge is 0.254 e. The van der Waals surface area contributed by atoms with Crippen LogP contribution in [0.15, 0.2) is 48.6 Å². The molecule has 186 valence electrons. The lowest BCUT2D eigenvalue weighted by Crippen LogP contribution is -2.45. The first kappa shape index (κ1) is 26.4. The van der Waals surface area contributed by atoms with Gasteiger partial charge in [-0.1, -0.05) is 35.3 Å². The molecule has 1 heterocycles. The van der Waals surface area contributed by atoms with E-state index in [1.165, 1.54) is 11.0 Å². The Kier molecular flexibility index (Phi) is 9.01. The average Bonchev–Trinajstić information content (AvgIpc) is 3.01. The van der Waals surface area contributed by atoms with Crippen LogP contribution in [0.3, 0.4) is 0 Å². The Morgan fingerprint density at radius 1 is 1.14 bits per heavy atom. The van der Waals surface area contributed by atoms with Gasteiger partial charge in [0.25, 0.3) is 5.91 Å². The number of nitrogens with two attached hydrogens (primary N) is 2. The number of likely N-dealkylation sites (N-methyl/N-ethyl adjacent to an activating group) is 1. The number of carbonyl (C=O) groups is 3. The third-order valence-electron chi connectivity index (χ3n) is 5.79. The summed E-state index contributed by atoms with van der Waals surface area (Å²) in [6.07, 6.45) is 5.63. The maximum absolute atomic E-state index is 13.2. The molecule has 0 aliphatic carbocycles. The molecule has 0 bridgehead atoms. The topological polar surface area (TPSA) is 131 Å². The maximum Gasteiger partial charge on any atom is 0.254 e. The summed E-state index contributed by atoms with van der Waals surface area (Å²) >= 11 is 12.2. The molecule has 1 aliphatic heterocycles. The maximum atomic E-state index is 13.2. The monoisotopic (exact) mass is 517 g/mol. The van der Waals surface area contributed by atoms with E-state index in [9.17, 15) is 14.4 Å². The second-order valence-corrected chi connectivity index (χ2v) is 9.35. The molecule has 1 saturated heterocycles. The van der Waals surface area contributed by atoms with Crippen LogP contribution in [0.4, 0.5) is 11.4 Å². The molecule has 0 aromatic heterocycles. The van der Waals surface area contributed by atoms with Gasteiger partial charge in [-0.2, -0.15) is 0 Å². The van der Waals surface area contributed by atoms with Crippen molar-refractivity contribution < 1.29 is 14.4 Å². The molecule has 10 heteroatoms. The van der Waals surface area contributed by atoms with E-state index in [4.69, 9.17) is 34.7 Å². The van der Waals surface area contributed by atoms with Crippen LogP contribution >= 0.6 is 23.2 Å². The molecular weight excluding hydrogens is 489 g/mol. The number of hydrogen-bond donors (Lipinski definition) is 4. The van der Waals surface area contributed by atoms with Crippen LogP contribution in [0.1, 0.15) is 35.2 Å². The molecule has 6 N–H and O–H groups in total. The van der Waals surface area contributed by atoms with Crippen molar-refractivity contribution in [2.45, 2.75) is 37.8 Å². The number of halogens is 2. The van der Waals surface area contributed by atoms with Crippen LogP contribution in [-0.4, -0.2) is 48.3 Å². The quantitative estimate of drug-likeness (QED) is 0.331. The number of nitrogens with zero attached hydrogens (tertiary/aromatic N) is 1. The molecule has 35 heavy (non-hydrogen) atoms. The zero-order chi connectivity index (χ0) is 25.5. The van der Waals surface area contributed by atoms with Gasteiger partial charge in [0.05, 0.1) is 16.1 Å². The first-order valence-corrected chi connectivity index (χ1v) is 12.0. The molecule has 3 rings (SSSR count). The van der Waals surface area contributed by atoms with E-state index in [-0.39, 0.29) is 11.8 Å². The fourth-order valence-corrected chi connectivity index (χ4v) is 4.21. The molecule has 1 aliphatic rings.